The summed E-state index contributed by atoms with van der Waals surface area (Å²) in [6, 6.07) is 0. The predicted octanol–water partition coefficient (Wildman–Crippen LogP) is 1.00. The standard InChI is InChI=1S/C6H15NO3S.C2H4O2/c1-3-5-7(6-4-2)11(8,9)10;1-2(3)4/h3-6H2,1-2H3,(H,8,9,10);1H3,(H,3,4). The molecule has 15 heavy (non-hydrogen) atoms. The van der Waals surface area contributed by atoms with E-state index in [9.17, 15) is 8.42 Å². The van der Waals surface area contributed by atoms with Gasteiger partial charge in [-0.1, -0.05) is 13.8 Å². The average molecular weight is 241 g/mol. The zero-order chi connectivity index (χ0) is 12.5. The molecule has 0 aromatic rings. The summed E-state index contributed by atoms with van der Waals surface area (Å²) in [7, 11) is -3.96. The van der Waals surface area contributed by atoms with Crippen LogP contribution < -0.4 is 0 Å². The van der Waals surface area contributed by atoms with Gasteiger partial charge >= 0.3 is 10.3 Å². The van der Waals surface area contributed by atoms with E-state index in [1.165, 1.54) is 0 Å². The van der Waals surface area contributed by atoms with Gasteiger partial charge in [-0.25, -0.2) is 0 Å². The van der Waals surface area contributed by atoms with Crippen molar-refractivity contribution in [3.05, 3.63) is 0 Å². The lowest BCUT2D eigenvalue weighted by Crippen LogP contribution is -2.31. The molecule has 0 atom stereocenters. The van der Waals surface area contributed by atoms with Gasteiger partial charge in [-0.3, -0.25) is 9.35 Å². The monoisotopic (exact) mass is 241 g/mol. The molecule has 0 rings (SSSR count). The molecule has 0 amide bonds. The Kier molecular flexibility index (Phi) is 9.64. The lowest BCUT2D eigenvalue weighted by Gasteiger charge is -2.15. The van der Waals surface area contributed by atoms with Crippen LogP contribution in [-0.4, -0.2) is 41.4 Å². The number of carboxylic acid groups (broad SMARTS) is 1. The predicted molar refractivity (Wildman–Crippen MR) is 57.0 cm³/mol. The van der Waals surface area contributed by atoms with Gasteiger partial charge in [0.15, 0.2) is 0 Å². The van der Waals surface area contributed by atoms with Crippen LogP contribution in [0, 0.1) is 0 Å². The van der Waals surface area contributed by atoms with Crippen molar-refractivity contribution in [2.75, 3.05) is 13.1 Å². The Morgan fingerprint density at radius 1 is 1.20 bits per heavy atom. The summed E-state index contributed by atoms with van der Waals surface area (Å²) < 4.78 is 30.9. The van der Waals surface area contributed by atoms with E-state index in [4.69, 9.17) is 14.5 Å². The Morgan fingerprint density at radius 2 is 1.47 bits per heavy atom. The van der Waals surface area contributed by atoms with Crippen molar-refractivity contribution in [3.63, 3.8) is 0 Å². The van der Waals surface area contributed by atoms with E-state index in [1.54, 1.807) is 0 Å². The summed E-state index contributed by atoms with van der Waals surface area (Å²) in [5.74, 6) is -0.833. The van der Waals surface area contributed by atoms with Crippen molar-refractivity contribution in [1.82, 2.24) is 4.31 Å². The summed E-state index contributed by atoms with van der Waals surface area (Å²) in [6.07, 6.45) is 1.44. The first-order valence-corrected chi connectivity index (χ1v) is 6.07. The summed E-state index contributed by atoms with van der Waals surface area (Å²) >= 11 is 0. The number of hydrogen-bond donors (Lipinski definition) is 2. The van der Waals surface area contributed by atoms with E-state index >= 15 is 0 Å². The first-order chi connectivity index (χ1) is 6.75. The van der Waals surface area contributed by atoms with Crippen LogP contribution in [0.1, 0.15) is 33.6 Å². The zero-order valence-electron chi connectivity index (χ0n) is 9.30. The van der Waals surface area contributed by atoms with E-state index in [1.807, 2.05) is 13.8 Å². The van der Waals surface area contributed by atoms with Gasteiger partial charge in [-0.2, -0.15) is 12.7 Å². The highest BCUT2D eigenvalue weighted by atomic mass is 32.2. The van der Waals surface area contributed by atoms with Crippen LogP contribution in [-0.2, 0) is 15.1 Å². The molecule has 6 nitrogen and oxygen atoms in total. The highest BCUT2D eigenvalue weighted by Crippen LogP contribution is 1.99. The molecule has 0 heterocycles. The molecule has 0 aliphatic rings. The van der Waals surface area contributed by atoms with Gasteiger partial charge in [0.25, 0.3) is 5.97 Å². The second kappa shape index (κ2) is 8.63. The summed E-state index contributed by atoms with van der Waals surface area (Å²) in [5.41, 5.74) is 0. The average Bonchev–Trinajstić information content (AvgIpc) is 2.01. The number of nitrogens with zero attached hydrogens (tertiary/aromatic N) is 1. The van der Waals surface area contributed by atoms with Gasteiger partial charge in [0.2, 0.25) is 0 Å². The van der Waals surface area contributed by atoms with Crippen molar-refractivity contribution < 1.29 is 22.9 Å². The van der Waals surface area contributed by atoms with Crippen LogP contribution in [0.2, 0.25) is 0 Å². The highest BCUT2D eigenvalue weighted by Gasteiger charge is 2.15. The molecule has 0 unspecified atom stereocenters. The zero-order valence-corrected chi connectivity index (χ0v) is 10.1. The Labute approximate surface area is 90.8 Å². The summed E-state index contributed by atoms with van der Waals surface area (Å²) in [6.45, 7) is 5.61. The van der Waals surface area contributed by atoms with E-state index in [0.29, 0.717) is 13.1 Å². The van der Waals surface area contributed by atoms with Crippen LogP contribution in [0.3, 0.4) is 0 Å². The van der Waals surface area contributed by atoms with Gasteiger partial charge in [-0.15, -0.1) is 0 Å². The summed E-state index contributed by atoms with van der Waals surface area (Å²) in [4.78, 5) is 9.00. The second-order valence-electron chi connectivity index (χ2n) is 2.90. The molecule has 0 aromatic carbocycles. The first-order valence-electron chi connectivity index (χ1n) is 4.67. The van der Waals surface area contributed by atoms with E-state index in [-0.39, 0.29) is 0 Å². The molecule has 2 N–H and O–H groups in total. The topological polar surface area (TPSA) is 94.9 Å². The lowest BCUT2D eigenvalue weighted by molar-refractivity contribution is -0.134. The fraction of sp³-hybridized carbons (Fsp3) is 0.875. The highest BCUT2D eigenvalue weighted by molar-refractivity contribution is 7.83. The fourth-order valence-electron chi connectivity index (χ4n) is 0.841. The van der Waals surface area contributed by atoms with Gasteiger partial charge in [0.1, 0.15) is 0 Å². The van der Waals surface area contributed by atoms with Gasteiger partial charge < -0.3 is 5.11 Å². The van der Waals surface area contributed by atoms with Crippen molar-refractivity contribution in [2.45, 2.75) is 33.6 Å². The molecular formula is C8H19NO5S. The molecule has 0 aliphatic carbocycles. The molecule has 0 fully saturated rings. The minimum atomic E-state index is -3.96. The molecule has 0 aromatic heterocycles. The Balaban J connectivity index is 0. The van der Waals surface area contributed by atoms with Gasteiger partial charge in [0, 0.05) is 20.0 Å². The lowest BCUT2D eigenvalue weighted by atomic mass is 10.4. The quantitative estimate of drug-likeness (QED) is 0.700. The van der Waals surface area contributed by atoms with Crippen molar-refractivity contribution in [1.29, 1.82) is 0 Å². The molecule has 0 saturated carbocycles. The molecule has 0 radical (unpaired) electrons. The molecule has 0 saturated heterocycles. The van der Waals surface area contributed by atoms with E-state index in [2.05, 4.69) is 0 Å². The number of carboxylic acids is 1. The largest absolute Gasteiger partial charge is 0.481 e. The normalized spacial score (nSPS) is 10.7. The molecule has 0 spiro atoms. The first kappa shape index (κ1) is 16.8. The van der Waals surface area contributed by atoms with Gasteiger partial charge in [0.05, 0.1) is 0 Å². The fourth-order valence-corrected chi connectivity index (χ4v) is 1.67. The maximum Gasteiger partial charge on any atom is 0.335 e. The van der Waals surface area contributed by atoms with Crippen LogP contribution in [0.4, 0.5) is 0 Å². The Morgan fingerprint density at radius 3 is 1.60 bits per heavy atom. The van der Waals surface area contributed by atoms with Crippen LogP contribution >= 0.6 is 0 Å². The number of rotatable bonds is 5. The summed E-state index contributed by atoms with van der Waals surface area (Å²) in [5, 5.41) is 7.42. The van der Waals surface area contributed by atoms with Crippen LogP contribution in [0.15, 0.2) is 0 Å². The number of carbonyl (C=O) groups is 1. The minimum Gasteiger partial charge on any atom is -0.481 e. The van der Waals surface area contributed by atoms with E-state index < -0.39 is 16.3 Å². The van der Waals surface area contributed by atoms with Gasteiger partial charge in [-0.05, 0) is 12.8 Å². The third kappa shape index (κ3) is 13.3. The number of hydrogen-bond acceptors (Lipinski definition) is 3. The Hall–Kier alpha value is -0.660. The second-order valence-corrected chi connectivity index (χ2v) is 4.31. The van der Waals surface area contributed by atoms with E-state index in [0.717, 1.165) is 24.1 Å². The minimum absolute atomic E-state index is 0.396. The van der Waals surface area contributed by atoms with Crippen molar-refractivity contribution in [2.24, 2.45) is 0 Å². The molecule has 0 bridgehead atoms. The Bertz CT molecular complexity index is 252. The SMILES string of the molecule is CC(=O)O.CCCN(CCC)S(=O)(=O)O. The van der Waals surface area contributed by atoms with Crippen molar-refractivity contribution >= 4 is 16.3 Å². The molecule has 7 heteroatoms. The third-order valence-corrected chi connectivity index (χ3v) is 2.29. The number of aliphatic carboxylic acids is 1. The smallest absolute Gasteiger partial charge is 0.335 e. The van der Waals surface area contributed by atoms with Crippen LogP contribution in [0.5, 0.6) is 0 Å². The maximum absolute atomic E-state index is 10.6. The molecule has 0 aliphatic heterocycles. The van der Waals surface area contributed by atoms with Crippen molar-refractivity contribution in [3.8, 4) is 0 Å². The van der Waals surface area contributed by atoms with Crippen LogP contribution in [0.25, 0.3) is 0 Å². The maximum atomic E-state index is 10.6. The molecule has 92 valence electrons. The molecular weight excluding hydrogens is 222 g/mol. The third-order valence-electron chi connectivity index (χ3n) is 1.27.